The van der Waals surface area contributed by atoms with Gasteiger partial charge in [0.15, 0.2) is 0 Å². The van der Waals surface area contributed by atoms with E-state index >= 15 is 0 Å². The summed E-state index contributed by atoms with van der Waals surface area (Å²) >= 11 is 0. The molecule has 144 valence electrons. The maximum absolute atomic E-state index is 6.05. The third-order valence-electron chi connectivity index (χ3n) is 5.24. The fourth-order valence-electron chi connectivity index (χ4n) is 3.21. The minimum Gasteiger partial charge on any atom is -0.322 e. The Balaban J connectivity index is 3.12. The predicted octanol–water partition coefficient (Wildman–Crippen LogP) is 7.93. The zero-order chi connectivity index (χ0) is 18.1. The van der Waals surface area contributed by atoms with Gasteiger partial charge in [-0.3, -0.25) is 0 Å². The van der Waals surface area contributed by atoms with Gasteiger partial charge in [-0.05, 0) is 26.7 Å². The van der Waals surface area contributed by atoms with Crippen LogP contribution in [-0.4, -0.2) is 5.54 Å². The van der Waals surface area contributed by atoms with Gasteiger partial charge in [0.25, 0.3) is 0 Å². The highest BCUT2D eigenvalue weighted by Crippen LogP contribution is 2.19. The molecule has 0 bridgehead atoms. The van der Waals surface area contributed by atoms with Crippen LogP contribution in [0.4, 0.5) is 0 Å². The van der Waals surface area contributed by atoms with E-state index in [0.29, 0.717) is 0 Å². The lowest BCUT2D eigenvalue weighted by Crippen LogP contribution is -2.33. The monoisotopic (exact) mass is 337 g/mol. The van der Waals surface area contributed by atoms with Gasteiger partial charge in [-0.15, -0.1) is 0 Å². The molecule has 0 aliphatic heterocycles. The molecule has 0 unspecified atom stereocenters. The van der Waals surface area contributed by atoms with Crippen LogP contribution in [0.5, 0.6) is 0 Å². The van der Waals surface area contributed by atoms with Crippen molar-refractivity contribution in [1.29, 1.82) is 0 Å². The Morgan fingerprint density at radius 1 is 0.625 bits per heavy atom. The smallest absolute Gasteiger partial charge is 0.0308 e. The highest BCUT2D eigenvalue weighted by Gasteiger charge is 2.14. The molecular formula is C23H47N. The summed E-state index contributed by atoms with van der Waals surface area (Å²) in [6.45, 7) is 10.5. The molecule has 24 heavy (non-hydrogen) atoms. The molecule has 0 saturated heterocycles. The Kier molecular flexibility index (Phi) is 16.0. The first-order chi connectivity index (χ1) is 11.5. The molecular weight excluding hydrogens is 290 g/mol. The highest BCUT2D eigenvalue weighted by atomic mass is 14.7. The van der Waals surface area contributed by atoms with E-state index in [1.807, 2.05) is 0 Å². The Morgan fingerprint density at radius 2 is 0.917 bits per heavy atom. The first-order valence-electron chi connectivity index (χ1n) is 11.0. The standard InChI is InChI=1S/C23H47N/c1-5-6-7-8-9-10-11-12-13-14-15-16-17-18-19-20-21-22(2)23(3,4)24/h2,5-21,24H2,1,3-4H3. The molecule has 0 radical (unpaired) electrons. The largest absolute Gasteiger partial charge is 0.322 e. The van der Waals surface area contributed by atoms with E-state index in [-0.39, 0.29) is 5.54 Å². The van der Waals surface area contributed by atoms with Crippen LogP contribution in [0.3, 0.4) is 0 Å². The van der Waals surface area contributed by atoms with Crippen molar-refractivity contribution in [2.45, 2.75) is 135 Å². The SMILES string of the molecule is C=C(CCCCCCCCCCCCCCCCCC)C(C)(C)N. The Bertz CT molecular complexity index is 274. The summed E-state index contributed by atoms with van der Waals surface area (Å²) in [6, 6.07) is 0. The minimum atomic E-state index is -0.199. The van der Waals surface area contributed by atoms with Gasteiger partial charge < -0.3 is 5.73 Å². The zero-order valence-electron chi connectivity index (χ0n) is 17.3. The van der Waals surface area contributed by atoms with E-state index in [2.05, 4.69) is 27.4 Å². The number of hydrogen-bond acceptors (Lipinski definition) is 1. The van der Waals surface area contributed by atoms with E-state index in [9.17, 15) is 0 Å². The Hall–Kier alpha value is -0.300. The molecule has 0 rings (SSSR count). The maximum Gasteiger partial charge on any atom is 0.0308 e. The van der Waals surface area contributed by atoms with E-state index in [0.717, 1.165) is 6.42 Å². The van der Waals surface area contributed by atoms with Crippen LogP contribution in [0.2, 0.25) is 0 Å². The molecule has 0 heterocycles. The van der Waals surface area contributed by atoms with Gasteiger partial charge in [-0.2, -0.15) is 0 Å². The van der Waals surface area contributed by atoms with Crippen molar-refractivity contribution < 1.29 is 0 Å². The first-order valence-corrected chi connectivity index (χ1v) is 11.0. The summed E-state index contributed by atoms with van der Waals surface area (Å²) in [5.41, 5.74) is 7.05. The molecule has 0 aliphatic rings. The van der Waals surface area contributed by atoms with E-state index in [4.69, 9.17) is 5.73 Å². The lowest BCUT2D eigenvalue weighted by Gasteiger charge is -2.21. The van der Waals surface area contributed by atoms with Crippen molar-refractivity contribution in [3.63, 3.8) is 0 Å². The maximum atomic E-state index is 6.05. The van der Waals surface area contributed by atoms with Gasteiger partial charge in [0.1, 0.15) is 0 Å². The predicted molar refractivity (Wildman–Crippen MR) is 112 cm³/mol. The number of unbranched alkanes of at least 4 members (excludes halogenated alkanes) is 15. The van der Waals surface area contributed by atoms with Crippen molar-refractivity contribution in [3.8, 4) is 0 Å². The molecule has 0 saturated carbocycles. The quantitative estimate of drug-likeness (QED) is 0.199. The second-order valence-electron chi connectivity index (χ2n) is 8.38. The molecule has 0 aromatic rings. The molecule has 0 atom stereocenters. The van der Waals surface area contributed by atoms with Gasteiger partial charge in [-0.1, -0.05) is 115 Å². The van der Waals surface area contributed by atoms with E-state index < -0.39 is 0 Å². The molecule has 2 N–H and O–H groups in total. The fraction of sp³-hybridized carbons (Fsp3) is 0.913. The minimum absolute atomic E-state index is 0.199. The zero-order valence-corrected chi connectivity index (χ0v) is 17.3. The number of rotatable bonds is 18. The van der Waals surface area contributed by atoms with Gasteiger partial charge in [0.2, 0.25) is 0 Å². The normalized spacial score (nSPS) is 11.8. The molecule has 0 spiro atoms. The van der Waals surface area contributed by atoms with Crippen molar-refractivity contribution in [1.82, 2.24) is 0 Å². The van der Waals surface area contributed by atoms with E-state index in [1.165, 1.54) is 108 Å². The first kappa shape index (κ1) is 23.7. The van der Waals surface area contributed by atoms with Gasteiger partial charge >= 0.3 is 0 Å². The molecule has 0 amide bonds. The third-order valence-corrected chi connectivity index (χ3v) is 5.24. The van der Waals surface area contributed by atoms with Gasteiger partial charge in [0, 0.05) is 5.54 Å². The summed E-state index contributed by atoms with van der Waals surface area (Å²) in [4.78, 5) is 0. The van der Waals surface area contributed by atoms with Crippen LogP contribution >= 0.6 is 0 Å². The Morgan fingerprint density at radius 3 is 1.21 bits per heavy atom. The summed E-state index contributed by atoms with van der Waals surface area (Å²) in [5.74, 6) is 0. The van der Waals surface area contributed by atoms with Crippen molar-refractivity contribution in [3.05, 3.63) is 12.2 Å². The average Bonchev–Trinajstić information content (AvgIpc) is 2.53. The molecule has 0 aromatic heterocycles. The molecule has 0 fully saturated rings. The topological polar surface area (TPSA) is 26.0 Å². The van der Waals surface area contributed by atoms with E-state index in [1.54, 1.807) is 0 Å². The fourth-order valence-corrected chi connectivity index (χ4v) is 3.21. The van der Waals surface area contributed by atoms with Crippen molar-refractivity contribution in [2.24, 2.45) is 5.73 Å². The lowest BCUT2D eigenvalue weighted by molar-refractivity contribution is 0.523. The molecule has 1 heteroatoms. The average molecular weight is 338 g/mol. The molecule has 1 nitrogen and oxygen atoms in total. The van der Waals surface area contributed by atoms with Gasteiger partial charge in [-0.25, -0.2) is 0 Å². The van der Waals surface area contributed by atoms with Crippen molar-refractivity contribution in [2.75, 3.05) is 0 Å². The highest BCUT2D eigenvalue weighted by molar-refractivity contribution is 5.10. The summed E-state index contributed by atoms with van der Waals surface area (Å²) in [6.07, 6.45) is 23.9. The second-order valence-corrected chi connectivity index (χ2v) is 8.38. The summed E-state index contributed by atoms with van der Waals surface area (Å²) in [5, 5.41) is 0. The molecule has 0 aromatic carbocycles. The summed E-state index contributed by atoms with van der Waals surface area (Å²) in [7, 11) is 0. The third kappa shape index (κ3) is 16.6. The van der Waals surface area contributed by atoms with Gasteiger partial charge in [0.05, 0.1) is 0 Å². The van der Waals surface area contributed by atoms with Crippen LogP contribution in [0.1, 0.15) is 130 Å². The number of hydrogen-bond donors (Lipinski definition) is 1. The van der Waals surface area contributed by atoms with Crippen LogP contribution in [0, 0.1) is 0 Å². The molecule has 0 aliphatic carbocycles. The summed E-state index contributed by atoms with van der Waals surface area (Å²) < 4.78 is 0. The lowest BCUT2D eigenvalue weighted by atomic mass is 9.92. The Labute approximate surface area is 153 Å². The van der Waals surface area contributed by atoms with Crippen LogP contribution in [-0.2, 0) is 0 Å². The van der Waals surface area contributed by atoms with Crippen molar-refractivity contribution >= 4 is 0 Å². The van der Waals surface area contributed by atoms with Crippen LogP contribution < -0.4 is 5.73 Å². The van der Waals surface area contributed by atoms with Crippen LogP contribution in [0.25, 0.3) is 0 Å². The van der Waals surface area contributed by atoms with Crippen LogP contribution in [0.15, 0.2) is 12.2 Å². The number of nitrogens with two attached hydrogens (primary N) is 1. The second kappa shape index (κ2) is 16.2.